The van der Waals surface area contributed by atoms with Crippen molar-refractivity contribution in [1.29, 1.82) is 0 Å². The molecule has 1 atom stereocenters. The van der Waals surface area contributed by atoms with Gasteiger partial charge in [0, 0.05) is 30.3 Å². The number of rotatable bonds is 7. The maximum atomic E-state index is 12.9. The summed E-state index contributed by atoms with van der Waals surface area (Å²) in [5.41, 5.74) is 0.635. The molecule has 3 aromatic rings. The minimum atomic E-state index is -4.81. The molecule has 0 aliphatic rings. The number of carbonyl (C=O) groups excluding carboxylic acids is 1. The number of benzene rings is 1. The zero-order valence-electron chi connectivity index (χ0n) is 16.1. The van der Waals surface area contributed by atoms with E-state index in [4.69, 9.17) is 16.0 Å². The van der Waals surface area contributed by atoms with Gasteiger partial charge in [0.15, 0.2) is 5.13 Å². The fourth-order valence-corrected chi connectivity index (χ4v) is 3.90. The number of furan rings is 1. The number of carbonyl (C=O) groups is 1. The van der Waals surface area contributed by atoms with E-state index in [2.05, 4.69) is 9.72 Å². The van der Waals surface area contributed by atoms with Crippen molar-refractivity contribution in [3.8, 4) is 17.0 Å². The molecule has 0 fully saturated rings. The topological polar surface area (TPSA) is 55.6 Å². The summed E-state index contributed by atoms with van der Waals surface area (Å²) in [6.07, 6.45) is -2.17. The van der Waals surface area contributed by atoms with Crippen LogP contribution in [-0.4, -0.2) is 24.3 Å². The van der Waals surface area contributed by atoms with Gasteiger partial charge in [-0.25, -0.2) is 4.98 Å². The molecule has 0 spiro atoms. The lowest BCUT2D eigenvalue weighted by Gasteiger charge is -2.20. The number of alkyl halides is 3. The number of hydrogen-bond acceptors (Lipinski definition) is 5. The quantitative estimate of drug-likeness (QED) is 0.424. The van der Waals surface area contributed by atoms with E-state index in [1.807, 2.05) is 13.0 Å². The molecular formula is C20H18ClF3N2O3S. The number of hydrogen-bond donors (Lipinski definition) is 0. The van der Waals surface area contributed by atoms with E-state index < -0.39 is 12.1 Å². The van der Waals surface area contributed by atoms with E-state index >= 15 is 0 Å². The van der Waals surface area contributed by atoms with Gasteiger partial charge in [0.1, 0.15) is 11.5 Å². The summed E-state index contributed by atoms with van der Waals surface area (Å²) in [4.78, 5) is 18.7. The lowest BCUT2D eigenvalue weighted by atomic mass is 9.99. The van der Waals surface area contributed by atoms with E-state index in [0.29, 0.717) is 23.7 Å². The Balaban J connectivity index is 1.80. The zero-order chi connectivity index (χ0) is 21.9. The molecule has 0 N–H and O–H groups in total. The second-order valence-electron chi connectivity index (χ2n) is 6.49. The Morgan fingerprint density at radius 3 is 2.77 bits per heavy atom. The molecule has 1 amide bonds. The maximum absolute atomic E-state index is 12.9. The van der Waals surface area contributed by atoms with Gasteiger partial charge in [0.25, 0.3) is 0 Å². The number of amides is 1. The lowest BCUT2D eigenvalue weighted by molar-refractivity contribution is -0.274. The van der Waals surface area contributed by atoms with E-state index in [9.17, 15) is 18.0 Å². The smallest absolute Gasteiger partial charge is 0.469 e. The van der Waals surface area contributed by atoms with E-state index in [-0.39, 0.29) is 22.4 Å². The standard InChI is InChI=1S/C20H18ClF3N2O3S/c1-3-12(9-13-5-4-8-28-13)18(27)26(2)19-25-17(11-30-19)15-10-14(6-7-16(15)21)29-20(22,23)24/h4-8,10-12H,3,9H2,1-2H3/t12-/m1/s1. The van der Waals surface area contributed by atoms with Gasteiger partial charge in [-0.2, -0.15) is 0 Å². The van der Waals surface area contributed by atoms with Gasteiger partial charge >= 0.3 is 6.36 Å². The predicted octanol–water partition coefficient (Wildman–Crippen LogP) is 6.19. The molecule has 0 aliphatic heterocycles. The summed E-state index contributed by atoms with van der Waals surface area (Å²) in [5.74, 6) is -0.0993. The van der Waals surface area contributed by atoms with Crippen LogP contribution < -0.4 is 9.64 Å². The molecule has 30 heavy (non-hydrogen) atoms. The lowest BCUT2D eigenvalue weighted by Crippen LogP contribution is -2.33. The van der Waals surface area contributed by atoms with Gasteiger partial charge in [-0.15, -0.1) is 24.5 Å². The van der Waals surface area contributed by atoms with Crippen molar-refractivity contribution in [2.24, 2.45) is 5.92 Å². The molecule has 0 aliphatic carbocycles. The van der Waals surface area contributed by atoms with Crippen LogP contribution in [0.4, 0.5) is 18.3 Å². The third kappa shape index (κ3) is 5.34. The van der Waals surface area contributed by atoms with E-state index in [1.165, 1.54) is 28.4 Å². The fourth-order valence-electron chi connectivity index (χ4n) is 2.89. The Hall–Kier alpha value is -2.52. The van der Waals surface area contributed by atoms with Crippen molar-refractivity contribution in [3.05, 3.63) is 52.8 Å². The summed E-state index contributed by atoms with van der Waals surface area (Å²) >= 11 is 7.34. The highest BCUT2D eigenvalue weighted by Gasteiger charge is 2.31. The van der Waals surface area contributed by atoms with Gasteiger partial charge in [0.05, 0.1) is 17.0 Å². The molecule has 10 heteroatoms. The first-order valence-corrected chi connectivity index (χ1v) is 10.2. The molecule has 2 heterocycles. The maximum Gasteiger partial charge on any atom is 0.573 e. The highest BCUT2D eigenvalue weighted by molar-refractivity contribution is 7.14. The third-order valence-corrected chi connectivity index (χ3v) is 5.67. The molecule has 5 nitrogen and oxygen atoms in total. The third-order valence-electron chi connectivity index (χ3n) is 4.43. The van der Waals surface area contributed by atoms with Crippen molar-refractivity contribution in [1.82, 2.24) is 4.98 Å². The van der Waals surface area contributed by atoms with Crippen molar-refractivity contribution in [2.75, 3.05) is 11.9 Å². The predicted molar refractivity (Wildman–Crippen MR) is 109 cm³/mol. The minimum Gasteiger partial charge on any atom is -0.469 e. The van der Waals surface area contributed by atoms with Crippen LogP contribution in [0.2, 0.25) is 5.02 Å². The number of aromatic nitrogens is 1. The van der Waals surface area contributed by atoms with Crippen LogP contribution >= 0.6 is 22.9 Å². The SMILES string of the molecule is CC[C@H](Cc1ccco1)C(=O)N(C)c1nc(-c2cc(OC(F)(F)F)ccc2Cl)cs1. The van der Waals surface area contributed by atoms with Crippen molar-refractivity contribution >= 4 is 34.0 Å². The number of anilines is 1. The molecule has 0 radical (unpaired) electrons. The Morgan fingerprint density at radius 2 is 2.13 bits per heavy atom. The van der Waals surface area contributed by atoms with Crippen molar-refractivity contribution < 1.29 is 27.1 Å². The van der Waals surface area contributed by atoms with Crippen LogP contribution in [0.3, 0.4) is 0 Å². The fraction of sp³-hybridized carbons (Fsp3) is 0.300. The molecule has 0 saturated carbocycles. The molecule has 0 bridgehead atoms. The Kier molecular flexibility index (Phi) is 6.72. The summed E-state index contributed by atoms with van der Waals surface area (Å²) in [5, 5.41) is 2.26. The molecule has 0 unspecified atom stereocenters. The summed E-state index contributed by atoms with van der Waals surface area (Å²) in [6.45, 7) is 1.92. The van der Waals surface area contributed by atoms with E-state index in [1.54, 1.807) is 24.8 Å². The van der Waals surface area contributed by atoms with Crippen LogP contribution in [-0.2, 0) is 11.2 Å². The average Bonchev–Trinajstić information content (AvgIpc) is 3.37. The minimum absolute atomic E-state index is 0.130. The largest absolute Gasteiger partial charge is 0.573 e. The highest BCUT2D eigenvalue weighted by Crippen LogP contribution is 2.36. The second-order valence-corrected chi connectivity index (χ2v) is 7.73. The second kappa shape index (κ2) is 9.09. The van der Waals surface area contributed by atoms with Crippen LogP contribution in [0.1, 0.15) is 19.1 Å². The highest BCUT2D eigenvalue weighted by atomic mass is 35.5. The van der Waals surface area contributed by atoms with Gasteiger partial charge < -0.3 is 9.15 Å². The Morgan fingerprint density at radius 1 is 1.37 bits per heavy atom. The van der Waals surface area contributed by atoms with Gasteiger partial charge in [-0.1, -0.05) is 18.5 Å². The van der Waals surface area contributed by atoms with Crippen LogP contribution in [0, 0.1) is 5.92 Å². The number of nitrogens with zero attached hydrogens (tertiary/aromatic N) is 2. The first kappa shape index (κ1) is 22.2. The number of thiazole rings is 1. The van der Waals surface area contributed by atoms with Crippen molar-refractivity contribution in [2.45, 2.75) is 26.1 Å². The molecule has 160 valence electrons. The number of halogens is 4. The summed E-state index contributed by atoms with van der Waals surface area (Å²) < 4.78 is 46.8. The van der Waals surface area contributed by atoms with Crippen LogP contribution in [0.25, 0.3) is 11.3 Å². The zero-order valence-corrected chi connectivity index (χ0v) is 17.6. The molecular weight excluding hydrogens is 441 g/mol. The van der Waals surface area contributed by atoms with E-state index in [0.717, 1.165) is 11.8 Å². The molecule has 2 aromatic heterocycles. The van der Waals surface area contributed by atoms with Crippen LogP contribution in [0.15, 0.2) is 46.4 Å². The molecule has 1 aromatic carbocycles. The van der Waals surface area contributed by atoms with Crippen LogP contribution in [0.5, 0.6) is 5.75 Å². The van der Waals surface area contributed by atoms with Gasteiger partial charge in [-0.05, 0) is 36.8 Å². The summed E-state index contributed by atoms with van der Waals surface area (Å²) in [6, 6.07) is 7.19. The normalized spacial score (nSPS) is 12.6. The monoisotopic (exact) mass is 458 g/mol. The van der Waals surface area contributed by atoms with Gasteiger partial charge in [0.2, 0.25) is 5.91 Å². The first-order valence-electron chi connectivity index (χ1n) is 8.99. The molecule has 3 rings (SSSR count). The molecule has 0 saturated heterocycles. The summed E-state index contributed by atoms with van der Waals surface area (Å²) in [7, 11) is 1.61. The number of ether oxygens (including phenoxy) is 1. The Bertz CT molecular complexity index is 1010. The first-order chi connectivity index (χ1) is 14.2. The Labute approximate surface area is 180 Å². The van der Waals surface area contributed by atoms with Crippen molar-refractivity contribution in [3.63, 3.8) is 0 Å². The average molecular weight is 459 g/mol. The van der Waals surface area contributed by atoms with Gasteiger partial charge in [-0.3, -0.25) is 9.69 Å².